The molecule has 8 heteroatoms. The van der Waals surface area contributed by atoms with Gasteiger partial charge < -0.3 is 15.2 Å². The lowest BCUT2D eigenvalue weighted by Gasteiger charge is -2.11. The molecular weight excluding hydrogens is 525 g/mol. The Morgan fingerprint density at radius 1 is 0.976 bits per heavy atom. The summed E-state index contributed by atoms with van der Waals surface area (Å²) >= 11 is 0. The molecule has 0 amide bonds. The van der Waals surface area contributed by atoms with Gasteiger partial charge in [-0.3, -0.25) is 15.1 Å². The minimum atomic E-state index is -0.216. The number of anilines is 1. The Hall–Kier alpha value is -4.82. The maximum Gasteiger partial charge on any atom is 0.124 e. The number of halogens is 1. The van der Waals surface area contributed by atoms with Crippen molar-refractivity contribution < 1.29 is 4.39 Å². The number of aryl methyl sites for hydroxylation is 1. The van der Waals surface area contributed by atoms with Crippen molar-refractivity contribution in [3.63, 3.8) is 0 Å². The van der Waals surface area contributed by atoms with E-state index in [1.807, 2.05) is 30.3 Å². The van der Waals surface area contributed by atoms with E-state index in [9.17, 15) is 4.39 Å². The Labute approximate surface area is 244 Å². The molecule has 4 heterocycles. The zero-order chi connectivity index (χ0) is 29.2. The van der Waals surface area contributed by atoms with E-state index in [1.54, 1.807) is 30.7 Å². The van der Waals surface area contributed by atoms with Gasteiger partial charge >= 0.3 is 0 Å². The number of fused-ring (bicyclic) bond motifs is 2. The monoisotopic (exact) mass is 559 g/mol. The molecule has 0 aliphatic carbocycles. The van der Waals surface area contributed by atoms with Crippen LogP contribution in [0.4, 0.5) is 10.1 Å². The number of H-pyrrole nitrogens is 2. The van der Waals surface area contributed by atoms with Gasteiger partial charge in [-0.1, -0.05) is 31.7 Å². The molecule has 0 fully saturated rings. The minimum absolute atomic E-state index is 0.216. The second kappa shape index (κ2) is 11.6. The molecule has 4 aromatic heterocycles. The van der Waals surface area contributed by atoms with Crippen molar-refractivity contribution in [3.8, 4) is 33.8 Å². The van der Waals surface area contributed by atoms with Gasteiger partial charge in [0.25, 0.3) is 0 Å². The van der Waals surface area contributed by atoms with E-state index in [0.717, 1.165) is 98.3 Å². The molecule has 2 aromatic carbocycles. The number of aromatic nitrogens is 5. The molecule has 3 N–H and O–H groups in total. The highest BCUT2D eigenvalue weighted by molar-refractivity contribution is 6.01. The number of allylic oxidation sites excluding steroid dienone is 1. The van der Waals surface area contributed by atoms with Crippen LogP contribution in [0.25, 0.3) is 55.6 Å². The minimum Gasteiger partial charge on any atom is -0.358 e. The maximum atomic E-state index is 14.7. The maximum absolute atomic E-state index is 14.7. The first-order valence-corrected chi connectivity index (χ1v) is 14.2. The van der Waals surface area contributed by atoms with Crippen LogP contribution in [0, 0.1) is 5.82 Å². The summed E-state index contributed by atoms with van der Waals surface area (Å²) < 4.78 is 14.7. The molecule has 212 valence electrons. The normalized spacial score (nSPS) is 11.5. The van der Waals surface area contributed by atoms with Gasteiger partial charge in [0.15, 0.2) is 0 Å². The van der Waals surface area contributed by atoms with Crippen LogP contribution in [-0.2, 0) is 6.42 Å². The summed E-state index contributed by atoms with van der Waals surface area (Å²) in [7, 11) is 4.11. The highest BCUT2D eigenvalue weighted by Gasteiger charge is 2.16. The van der Waals surface area contributed by atoms with Gasteiger partial charge in [0, 0.05) is 33.7 Å². The fraction of sp³-hybridized carbons (Fsp3) is 0.206. The van der Waals surface area contributed by atoms with Crippen molar-refractivity contribution in [3.05, 3.63) is 96.8 Å². The molecule has 6 aromatic rings. The van der Waals surface area contributed by atoms with Crippen molar-refractivity contribution in [1.82, 2.24) is 30.0 Å². The zero-order valence-electron chi connectivity index (χ0n) is 24.1. The fourth-order valence-corrected chi connectivity index (χ4v) is 5.30. The number of benzene rings is 2. The largest absolute Gasteiger partial charge is 0.358 e. The predicted molar refractivity (Wildman–Crippen MR) is 170 cm³/mol. The van der Waals surface area contributed by atoms with Gasteiger partial charge in [-0.25, -0.2) is 4.39 Å². The molecule has 0 saturated heterocycles. The third kappa shape index (κ3) is 5.66. The van der Waals surface area contributed by atoms with Gasteiger partial charge in [0.05, 0.1) is 35.0 Å². The van der Waals surface area contributed by atoms with Crippen molar-refractivity contribution in [2.75, 3.05) is 26.0 Å². The highest BCUT2D eigenvalue weighted by atomic mass is 19.1. The van der Waals surface area contributed by atoms with Crippen LogP contribution in [0.5, 0.6) is 0 Å². The summed E-state index contributed by atoms with van der Waals surface area (Å²) in [5.41, 5.74) is 9.80. The molecule has 0 radical (unpaired) electrons. The van der Waals surface area contributed by atoms with Crippen LogP contribution in [0.2, 0.25) is 0 Å². The average Bonchev–Trinajstić information content (AvgIpc) is 3.60. The van der Waals surface area contributed by atoms with E-state index in [4.69, 9.17) is 0 Å². The van der Waals surface area contributed by atoms with E-state index in [0.29, 0.717) is 0 Å². The highest BCUT2D eigenvalue weighted by Crippen LogP contribution is 2.35. The summed E-state index contributed by atoms with van der Waals surface area (Å²) in [5.74, 6) is -0.216. The van der Waals surface area contributed by atoms with E-state index < -0.39 is 0 Å². The van der Waals surface area contributed by atoms with E-state index in [2.05, 4.69) is 75.1 Å². The first-order valence-electron chi connectivity index (χ1n) is 14.2. The second-order valence-corrected chi connectivity index (χ2v) is 10.9. The summed E-state index contributed by atoms with van der Waals surface area (Å²) in [6, 6.07) is 17.6. The van der Waals surface area contributed by atoms with Crippen LogP contribution in [0.15, 0.2) is 85.5 Å². The molecule has 0 spiro atoms. The van der Waals surface area contributed by atoms with Crippen molar-refractivity contribution >= 4 is 27.5 Å². The summed E-state index contributed by atoms with van der Waals surface area (Å²) in [6.07, 6.45) is 8.01. The number of hydrogen-bond donors (Lipinski definition) is 3. The smallest absolute Gasteiger partial charge is 0.124 e. The van der Waals surface area contributed by atoms with Crippen LogP contribution >= 0.6 is 0 Å². The standard InChI is InChI=1S/C34H34FN7/c1-5-21(2)38-26-15-24(18-36-19-26)31-17-29-33(20-37-31)40-41-34(29)32-16-28-27(9-6-10-30(28)39-32)23-12-22(13-25(35)14-23)8-7-11-42(3)4/h6,9-10,12-20,38-39H,2,5,7-8,11H2,1,3-4H3,(H,40,41). The Morgan fingerprint density at radius 2 is 1.86 bits per heavy atom. The molecule has 0 unspecified atom stereocenters. The fourth-order valence-electron chi connectivity index (χ4n) is 5.30. The molecule has 0 aliphatic rings. The zero-order valence-corrected chi connectivity index (χ0v) is 24.1. The molecule has 0 aliphatic heterocycles. The number of pyridine rings is 2. The molecule has 0 saturated carbocycles. The third-order valence-electron chi connectivity index (χ3n) is 7.49. The molecule has 0 bridgehead atoms. The molecule has 6 rings (SSSR count). The van der Waals surface area contributed by atoms with E-state index in [-0.39, 0.29) is 5.82 Å². The van der Waals surface area contributed by atoms with Gasteiger partial charge in [0.1, 0.15) is 11.5 Å². The lowest BCUT2D eigenvalue weighted by atomic mass is 9.98. The SMILES string of the molecule is C=C(CC)Nc1cncc(-c2cc3c(-c4cc5c(-c6cc(F)cc(CCCN(C)C)c6)cccc5[nH]4)n[nH]c3cn2)c1. The lowest BCUT2D eigenvalue weighted by molar-refractivity contribution is 0.400. The molecule has 0 atom stereocenters. The number of nitrogens with one attached hydrogen (secondary N) is 3. The number of nitrogens with zero attached hydrogens (tertiary/aromatic N) is 4. The van der Waals surface area contributed by atoms with Crippen molar-refractivity contribution in [2.45, 2.75) is 26.2 Å². The van der Waals surface area contributed by atoms with Gasteiger partial charge in [-0.15, -0.1) is 0 Å². The number of aromatic amines is 2. The van der Waals surface area contributed by atoms with E-state index in [1.165, 1.54) is 0 Å². The predicted octanol–water partition coefficient (Wildman–Crippen LogP) is 7.80. The third-order valence-corrected chi connectivity index (χ3v) is 7.49. The topological polar surface area (TPSA) is 85.5 Å². The van der Waals surface area contributed by atoms with Gasteiger partial charge in [0.2, 0.25) is 0 Å². The van der Waals surface area contributed by atoms with Gasteiger partial charge in [-0.2, -0.15) is 5.10 Å². The Bertz CT molecular complexity index is 1900. The molecular formula is C34H34FN7. The van der Waals surface area contributed by atoms with Crippen LogP contribution < -0.4 is 5.32 Å². The average molecular weight is 560 g/mol. The summed E-state index contributed by atoms with van der Waals surface area (Å²) in [5, 5.41) is 13.0. The Morgan fingerprint density at radius 3 is 2.69 bits per heavy atom. The van der Waals surface area contributed by atoms with Gasteiger partial charge in [-0.05, 0) is 93.0 Å². The van der Waals surface area contributed by atoms with Crippen LogP contribution in [-0.4, -0.2) is 50.7 Å². The summed E-state index contributed by atoms with van der Waals surface area (Å²) in [4.78, 5) is 14.7. The second-order valence-electron chi connectivity index (χ2n) is 10.9. The van der Waals surface area contributed by atoms with Crippen LogP contribution in [0.3, 0.4) is 0 Å². The van der Waals surface area contributed by atoms with Crippen molar-refractivity contribution in [2.24, 2.45) is 0 Å². The number of hydrogen-bond acceptors (Lipinski definition) is 5. The lowest BCUT2D eigenvalue weighted by Crippen LogP contribution is -2.13. The van der Waals surface area contributed by atoms with Crippen molar-refractivity contribution in [1.29, 1.82) is 0 Å². The Balaban J connectivity index is 1.36. The first-order chi connectivity index (χ1) is 20.4. The first kappa shape index (κ1) is 27.4. The number of rotatable bonds is 10. The summed E-state index contributed by atoms with van der Waals surface area (Å²) in [6.45, 7) is 7.05. The Kier molecular flexibility index (Phi) is 7.54. The quantitative estimate of drug-likeness (QED) is 0.159. The molecule has 7 nitrogen and oxygen atoms in total. The molecule has 42 heavy (non-hydrogen) atoms. The van der Waals surface area contributed by atoms with Crippen LogP contribution in [0.1, 0.15) is 25.3 Å². The van der Waals surface area contributed by atoms with E-state index >= 15 is 0 Å².